The molecule has 72 valence electrons. The Hall–Kier alpha value is -0.130. The van der Waals surface area contributed by atoms with Crippen molar-refractivity contribution in [3.63, 3.8) is 0 Å². The molecule has 0 radical (unpaired) electrons. The van der Waals surface area contributed by atoms with Gasteiger partial charge in [0.1, 0.15) is 9.92 Å². The van der Waals surface area contributed by atoms with E-state index in [-0.39, 0.29) is 12.1 Å². The molecule has 3 N–H and O–H groups in total. The summed E-state index contributed by atoms with van der Waals surface area (Å²) in [6.07, 6.45) is 4.36. The summed E-state index contributed by atoms with van der Waals surface area (Å²) in [6.45, 7) is 0. The summed E-state index contributed by atoms with van der Waals surface area (Å²) >= 11 is 0. The zero-order valence-corrected chi connectivity index (χ0v) is 8.06. The van der Waals surface area contributed by atoms with Crippen molar-refractivity contribution in [1.29, 1.82) is 4.78 Å². The minimum atomic E-state index is -2.57. The molecule has 0 aliphatic heterocycles. The highest BCUT2D eigenvalue weighted by Gasteiger charge is 2.20. The average molecular weight is 192 g/mol. The molecule has 0 aromatic carbocycles. The van der Waals surface area contributed by atoms with Gasteiger partial charge in [0.15, 0.2) is 0 Å². The van der Waals surface area contributed by atoms with Crippen LogP contribution in [0.1, 0.15) is 25.7 Å². The van der Waals surface area contributed by atoms with Crippen LogP contribution in [0.5, 0.6) is 0 Å². The van der Waals surface area contributed by atoms with E-state index in [9.17, 15) is 9.32 Å². The molecule has 1 fully saturated rings. The van der Waals surface area contributed by atoms with Crippen LogP contribution in [0.2, 0.25) is 0 Å². The Morgan fingerprint density at radius 2 is 1.92 bits per heavy atom. The summed E-state index contributed by atoms with van der Waals surface area (Å²) in [4.78, 5) is 0. The summed E-state index contributed by atoms with van der Waals surface area (Å²) in [5.41, 5.74) is 0. The maximum absolute atomic E-state index is 11.0. The van der Waals surface area contributed by atoms with Crippen LogP contribution in [-0.4, -0.2) is 27.7 Å². The lowest BCUT2D eigenvalue weighted by Gasteiger charge is -2.25. The normalized spacial score (nSPS) is 35.8. The molecule has 1 atom stereocenters. The topological polar surface area (TPSA) is 73.2 Å². The molecule has 0 aromatic heterocycles. The van der Waals surface area contributed by atoms with Gasteiger partial charge in [-0.1, -0.05) is 0 Å². The molecule has 0 bridgehead atoms. The minimum absolute atomic E-state index is 0.156. The lowest BCUT2D eigenvalue weighted by atomic mass is 9.94. The Balaban J connectivity index is 2.36. The Bertz CT molecular complexity index is 230. The van der Waals surface area contributed by atoms with Crippen molar-refractivity contribution in [1.82, 2.24) is 4.72 Å². The molecule has 12 heavy (non-hydrogen) atoms. The molecular weight excluding hydrogens is 176 g/mol. The van der Waals surface area contributed by atoms with E-state index in [2.05, 4.69) is 4.72 Å². The van der Waals surface area contributed by atoms with Crippen LogP contribution in [0, 0.1) is 4.78 Å². The van der Waals surface area contributed by atoms with E-state index in [0.717, 1.165) is 25.7 Å². The molecule has 0 heterocycles. The van der Waals surface area contributed by atoms with Crippen LogP contribution in [0.3, 0.4) is 0 Å². The maximum Gasteiger partial charge on any atom is 0.102 e. The SMILES string of the molecule is CS(=N)(=O)NC1CCC(O)CC1. The van der Waals surface area contributed by atoms with Crippen molar-refractivity contribution in [3.8, 4) is 0 Å². The number of hydrogen-bond donors (Lipinski definition) is 3. The van der Waals surface area contributed by atoms with E-state index in [1.807, 2.05) is 0 Å². The monoisotopic (exact) mass is 192 g/mol. The molecule has 0 amide bonds. The number of aliphatic hydroxyl groups is 1. The van der Waals surface area contributed by atoms with E-state index in [1.165, 1.54) is 6.26 Å². The van der Waals surface area contributed by atoms with Gasteiger partial charge in [-0.05, 0) is 25.7 Å². The maximum atomic E-state index is 11.0. The van der Waals surface area contributed by atoms with Gasteiger partial charge in [-0.3, -0.25) is 0 Å². The fraction of sp³-hybridized carbons (Fsp3) is 1.00. The molecule has 1 aliphatic carbocycles. The van der Waals surface area contributed by atoms with E-state index in [1.54, 1.807) is 0 Å². The molecule has 5 heteroatoms. The second-order valence-corrected chi connectivity index (χ2v) is 5.39. The first-order valence-electron chi connectivity index (χ1n) is 4.16. The molecule has 0 aromatic rings. The van der Waals surface area contributed by atoms with Crippen LogP contribution in [0.15, 0.2) is 0 Å². The Morgan fingerprint density at radius 3 is 2.33 bits per heavy atom. The Labute approximate surface area is 73.5 Å². The second-order valence-electron chi connectivity index (χ2n) is 3.47. The molecule has 0 spiro atoms. The predicted octanol–water partition coefficient (Wildman–Crippen LogP) is 0.471. The van der Waals surface area contributed by atoms with Crippen molar-refractivity contribution in [2.24, 2.45) is 0 Å². The number of hydrogen-bond acceptors (Lipinski definition) is 3. The van der Waals surface area contributed by atoms with Gasteiger partial charge < -0.3 is 5.11 Å². The van der Waals surface area contributed by atoms with Crippen LogP contribution >= 0.6 is 0 Å². The summed E-state index contributed by atoms with van der Waals surface area (Å²) in [7, 11) is -2.57. The summed E-state index contributed by atoms with van der Waals surface area (Å²) in [5.74, 6) is 0. The molecule has 1 rings (SSSR count). The fourth-order valence-corrected chi connectivity index (χ4v) is 2.38. The largest absolute Gasteiger partial charge is 0.393 e. The first-order valence-corrected chi connectivity index (χ1v) is 6.13. The second kappa shape index (κ2) is 3.72. The van der Waals surface area contributed by atoms with Crippen LogP contribution < -0.4 is 4.72 Å². The molecule has 1 saturated carbocycles. The average Bonchev–Trinajstić information content (AvgIpc) is 1.91. The van der Waals surface area contributed by atoms with E-state index < -0.39 is 9.92 Å². The van der Waals surface area contributed by atoms with Gasteiger partial charge >= 0.3 is 0 Å². The van der Waals surface area contributed by atoms with Gasteiger partial charge in [0.25, 0.3) is 0 Å². The third-order valence-corrected chi connectivity index (χ3v) is 2.87. The Kier molecular flexibility index (Phi) is 3.09. The molecule has 1 aliphatic rings. The van der Waals surface area contributed by atoms with Gasteiger partial charge in [-0.2, -0.15) is 0 Å². The highest BCUT2D eigenvalue weighted by atomic mass is 32.2. The van der Waals surface area contributed by atoms with Crippen LogP contribution in [-0.2, 0) is 9.92 Å². The van der Waals surface area contributed by atoms with Gasteiger partial charge in [-0.25, -0.2) is 13.7 Å². The van der Waals surface area contributed by atoms with Gasteiger partial charge in [0.2, 0.25) is 0 Å². The third-order valence-electron chi connectivity index (χ3n) is 2.09. The molecular formula is C7H16N2O2S. The summed E-state index contributed by atoms with van der Waals surface area (Å²) in [5, 5.41) is 9.18. The summed E-state index contributed by atoms with van der Waals surface area (Å²) in [6, 6.07) is 0.156. The van der Waals surface area contributed by atoms with E-state index in [0.29, 0.717) is 0 Å². The highest BCUT2D eigenvalue weighted by molar-refractivity contribution is 7.89. The van der Waals surface area contributed by atoms with E-state index >= 15 is 0 Å². The molecule has 1 unspecified atom stereocenters. The van der Waals surface area contributed by atoms with Crippen molar-refractivity contribution in [2.45, 2.75) is 37.8 Å². The lowest BCUT2D eigenvalue weighted by molar-refractivity contribution is 0.121. The molecule has 0 saturated heterocycles. The molecule has 4 nitrogen and oxygen atoms in total. The van der Waals surface area contributed by atoms with Crippen molar-refractivity contribution in [3.05, 3.63) is 0 Å². The van der Waals surface area contributed by atoms with Crippen LogP contribution in [0.25, 0.3) is 0 Å². The number of nitrogens with one attached hydrogen (secondary N) is 2. The Morgan fingerprint density at radius 1 is 1.42 bits per heavy atom. The standard InChI is InChI=1S/C7H16N2O2S/c1-12(8,11)9-6-2-4-7(10)5-3-6/h6-7,10H,2-5H2,1H3,(H2,8,9,11). The minimum Gasteiger partial charge on any atom is -0.393 e. The lowest BCUT2D eigenvalue weighted by Crippen LogP contribution is -2.37. The summed E-state index contributed by atoms with van der Waals surface area (Å²) < 4.78 is 21.0. The van der Waals surface area contributed by atoms with Gasteiger partial charge in [0, 0.05) is 12.3 Å². The fourth-order valence-electron chi connectivity index (χ4n) is 1.51. The quantitative estimate of drug-likeness (QED) is 0.595. The predicted molar refractivity (Wildman–Crippen MR) is 48.2 cm³/mol. The zero-order valence-electron chi connectivity index (χ0n) is 7.25. The number of aliphatic hydroxyl groups excluding tert-OH is 1. The van der Waals surface area contributed by atoms with E-state index in [4.69, 9.17) is 4.78 Å². The van der Waals surface area contributed by atoms with Crippen molar-refractivity contribution < 1.29 is 9.32 Å². The third kappa shape index (κ3) is 3.51. The zero-order chi connectivity index (χ0) is 9.19. The first-order chi connectivity index (χ1) is 5.47. The van der Waals surface area contributed by atoms with Crippen molar-refractivity contribution in [2.75, 3.05) is 6.26 Å². The first kappa shape index (κ1) is 9.95. The van der Waals surface area contributed by atoms with Gasteiger partial charge in [0.05, 0.1) is 6.10 Å². The number of rotatable bonds is 2. The smallest absolute Gasteiger partial charge is 0.102 e. The van der Waals surface area contributed by atoms with Gasteiger partial charge in [-0.15, -0.1) is 0 Å². The van der Waals surface area contributed by atoms with Crippen LogP contribution in [0.4, 0.5) is 0 Å². The highest BCUT2D eigenvalue weighted by Crippen LogP contribution is 2.18. The van der Waals surface area contributed by atoms with Crippen molar-refractivity contribution >= 4 is 9.92 Å².